The van der Waals surface area contributed by atoms with Crippen molar-refractivity contribution in [3.63, 3.8) is 0 Å². The second-order valence-electron chi connectivity index (χ2n) is 4.89. The summed E-state index contributed by atoms with van der Waals surface area (Å²) < 4.78 is 5.82. The number of aromatic nitrogens is 2. The second-order valence-corrected chi connectivity index (χ2v) is 4.89. The number of aryl methyl sites for hydroxylation is 2. The Bertz CT molecular complexity index is 579. The van der Waals surface area contributed by atoms with E-state index in [1.165, 1.54) is 5.56 Å². The summed E-state index contributed by atoms with van der Waals surface area (Å²) in [5.41, 5.74) is 9.94. The van der Waals surface area contributed by atoms with Gasteiger partial charge in [-0.2, -0.15) is 5.10 Å². The maximum absolute atomic E-state index is 5.82. The summed E-state index contributed by atoms with van der Waals surface area (Å²) in [6, 6.07) is 8.08. The van der Waals surface area contributed by atoms with Gasteiger partial charge in [0.05, 0.1) is 5.69 Å². The molecule has 2 N–H and O–H groups in total. The minimum atomic E-state index is 0.394. The third-order valence-corrected chi connectivity index (χ3v) is 3.43. The zero-order valence-electron chi connectivity index (χ0n) is 12.3. The normalized spacial score (nSPS) is 10.6. The summed E-state index contributed by atoms with van der Waals surface area (Å²) in [6.07, 6.45) is 2.22. The van der Waals surface area contributed by atoms with Gasteiger partial charge in [0.2, 0.25) is 5.88 Å². The highest BCUT2D eigenvalue weighted by molar-refractivity contribution is 5.38. The molecule has 0 unspecified atom stereocenters. The summed E-state index contributed by atoms with van der Waals surface area (Å²) in [4.78, 5) is 0. The van der Waals surface area contributed by atoms with E-state index in [0.717, 1.165) is 35.4 Å². The number of nitrogens with zero attached hydrogens (tertiary/aromatic N) is 2. The Morgan fingerprint density at radius 2 is 1.80 bits per heavy atom. The summed E-state index contributed by atoms with van der Waals surface area (Å²) >= 11 is 0. The van der Waals surface area contributed by atoms with Crippen molar-refractivity contribution in [2.45, 2.75) is 40.2 Å². The van der Waals surface area contributed by atoms with E-state index < -0.39 is 0 Å². The Balaban J connectivity index is 2.23. The van der Waals surface area contributed by atoms with E-state index in [-0.39, 0.29) is 0 Å². The molecule has 0 fully saturated rings. The first-order valence-electron chi connectivity index (χ1n) is 6.95. The summed E-state index contributed by atoms with van der Waals surface area (Å²) in [6.45, 7) is 6.47. The van der Waals surface area contributed by atoms with Crippen molar-refractivity contribution in [2.75, 3.05) is 0 Å². The van der Waals surface area contributed by atoms with Crippen molar-refractivity contribution in [1.82, 2.24) is 10.2 Å². The number of hydrogen-bond acceptors (Lipinski definition) is 4. The van der Waals surface area contributed by atoms with Crippen LogP contribution in [0.3, 0.4) is 0 Å². The van der Waals surface area contributed by atoms with Gasteiger partial charge < -0.3 is 10.5 Å². The van der Waals surface area contributed by atoms with Gasteiger partial charge in [-0.1, -0.05) is 25.5 Å². The first-order valence-corrected chi connectivity index (χ1v) is 6.95. The molecule has 0 atom stereocenters. The molecule has 0 aliphatic heterocycles. The predicted octanol–water partition coefficient (Wildman–Crippen LogP) is 3.30. The lowest BCUT2D eigenvalue weighted by Gasteiger charge is -2.12. The summed E-state index contributed by atoms with van der Waals surface area (Å²) in [5, 5.41) is 8.21. The third-order valence-electron chi connectivity index (χ3n) is 3.43. The van der Waals surface area contributed by atoms with E-state index in [4.69, 9.17) is 10.5 Å². The largest absolute Gasteiger partial charge is 0.437 e. The van der Waals surface area contributed by atoms with Crippen molar-refractivity contribution < 1.29 is 4.74 Å². The number of benzene rings is 1. The van der Waals surface area contributed by atoms with Crippen LogP contribution in [0, 0.1) is 13.8 Å². The topological polar surface area (TPSA) is 61.0 Å². The number of nitrogens with two attached hydrogens (primary N) is 1. The molecule has 0 aliphatic rings. The molecule has 2 aromatic rings. The van der Waals surface area contributed by atoms with E-state index in [1.54, 1.807) is 0 Å². The van der Waals surface area contributed by atoms with Gasteiger partial charge in [-0.3, -0.25) is 0 Å². The summed E-state index contributed by atoms with van der Waals surface area (Å²) in [7, 11) is 0. The lowest BCUT2D eigenvalue weighted by molar-refractivity contribution is 0.446. The van der Waals surface area contributed by atoms with Gasteiger partial charge in [0.15, 0.2) is 0 Å². The van der Waals surface area contributed by atoms with Gasteiger partial charge in [-0.15, -0.1) is 5.10 Å². The van der Waals surface area contributed by atoms with Crippen molar-refractivity contribution in [2.24, 2.45) is 5.73 Å². The highest BCUT2D eigenvalue weighted by Gasteiger charge is 2.11. The zero-order valence-corrected chi connectivity index (χ0v) is 12.3. The second kappa shape index (κ2) is 6.48. The monoisotopic (exact) mass is 271 g/mol. The molecule has 106 valence electrons. The molecule has 2 rings (SSSR count). The fourth-order valence-corrected chi connectivity index (χ4v) is 2.08. The van der Waals surface area contributed by atoms with E-state index in [1.807, 2.05) is 26.0 Å². The van der Waals surface area contributed by atoms with Crippen LogP contribution < -0.4 is 10.5 Å². The average molecular weight is 271 g/mol. The maximum atomic E-state index is 5.82. The number of rotatable bonds is 5. The Kier molecular flexibility index (Phi) is 4.69. The Hall–Kier alpha value is -1.94. The Morgan fingerprint density at radius 1 is 1.10 bits per heavy atom. The zero-order chi connectivity index (χ0) is 14.5. The van der Waals surface area contributed by atoms with Gasteiger partial charge in [0.1, 0.15) is 5.75 Å². The van der Waals surface area contributed by atoms with E-state index in [9.17, 15) is 0 Å². The molecule has 0 bridgehead atoms. The van der Waals surface area contributed by atoms with Gasteiger partial charge >= 0.3 is 0 Å². The molecule has 4 heteroatoms. The van der Waals surface area contributed by atoms with Crippen LogP contribution in [0.2, 0.25) is 0 Å². The van der Waals surface area contributed by atoms with E-state index in [0.29, 0.717) is 12.4 Å². The minimum Gasteiger partial charge on any atom is -0.437 e. The van der Waals surface area contributed by atoms with Crippen LogP contribution in [-0.2, 0) is 13.0 Å². The average Bonchev–Trinajstić information content (AvgIpc) is 2.46. The van der Waals surface area contributed by atoms with E-state index in [2.05, 4.69) is 29.3 Å². The number of hydrogen-bond donors (Lipinski definition) is 1. The first kappa shape index (κ1) is 14.5. The van der Waals surface area contributed by atoms with Crippen LogP contribution in [0.5, 0.6) is 11.6 Å². The van der Waals surface area contributed by atoms with Crippen molar-refractivity contribution in [3.05, 3.63) is 46.6 Å². The fourth-order valence-electron chi connectivity index (χ4n) is 2.08. The van der Waals surface area contributed by atoms with Crippen LogP contribution in [0.1, 0.15) is 35.7 Å². The van der Waals surface area contributed by atoms with Crippen molar-refractivity contribution >= 4 is 0 Å². The van der Waals surface area contributed by atoms with Crippen LogP contribution in [0.4, 0.5) is 0 Å². The molecule has 0 amide bonds. The molecule has 0 saturated heterocycles. The van der Waals surface area contributed by atoms with Crippen LogP contribution in [0.15, 0.2) is 24.3 Å². The molecule has 0 aliphatic carbocycles. The fraction of sp³-hybridized carbons (Fsp3) is 0.375. The highest BCUT2D eigenvalue weighted by Crippen LogP contribution is 2.25. The molecular formula is C16H21N3O. The van der Waals surface area contributed by atoms with Gasteiger partial charge in [0, 0.05) is 12.1 Å². The van der Waals surface area contributed by atoms with Crippen LogP contribution >= 0.6 is 0 Å². The third kappa shape index (κ3) is 3.14. The molecule has 4 nitrogen and oxygen atoms in total. The lowest BCUT2D eigenvalue weighted by Crippen LogP contribution is -2.07. The Labute approximate surface area is 120 Å². The molecule has 20 heavy (non-hydrogen) atoms. The van der Waals surface area contributed by atoms with Gasteiger partial charge in [-0.25, -0.2) is 0 Å². The lowest BCUT2D eigenvalue weighted by atomic mass is 10.1. The first-order chi connectivity index (χ1) is 9.65. The minimum absolute atomic E-state index is 0.394. The highest BCUT2D eigenvalue weighted by atomic mass is 16.5. The number of ether oxygens (including phenoxy) is 1. The molecular weight excluding hydrogens is 250 g/mol. The SMILES string of the molecule is CCCc1ccc(Oc2nnc(C)c(C)c2CN)cc1. The molecule has 0 saturated carbocycles. The summed E-state index contributed by atoms with van der Waals surface area (Å²) in [5.74, 6) is 1.26. The van der Waals surface area contributed by atoms with Crippen LogP contribution in [-0.4, -0.2) is 10.2 Å². The molecule has 0 radical (unpaired) electrons. The van der Waals surface area contributed by atoms with Crippen molar-refractivity contribution in [3.8, 4) is 11.6 Å². The Morgan fingerprint density at radius 3 is 2.40 bits per heavy atom. The smallest absolute Gasteiger partial charge is 0.243 e. The molecule has 1 aromatic carbocycles. The van der Waals surface area contributed by atoms with Gasteiger partial charge in [-0.05, 0) is 43.5 Å². The van der Waals surface area contributed by atoms with Crippen molar-refractivity contribution in [1.29, 1.82) is 0 Å². The maximum Gasteiger partial charge on any atom is 0.243 e. The van der Waals surface area contributed by atoms with E-state index >= 15 is 0 Å². The van der Waals surface area contributed by atoms with Gasteiger partial charge in [0.25, 0.3) is 0 Å². The quantitative estimate of drug-likeness (QED) is 0.906. The standard InChI is InChI=1S/C16H21N3O/c1-4-5-13-6-8-14(9-7-13)20-16-15(10-17)11(2)12(3)18-19-16/h6-9H,4-5,10,17H2,1-3H3. The molecule has 1 aromatic heterocycles. The molecule has 0 spiro atoms. The van der Waals surface area contributed by atoms with Crippen LogP contribution in [0.25, 0.3) is 0 Å². The predicted molar refractivity (Wildman–Crippen MR) is 79.9 cm³/mol. The molecule has 1 heterocycles.